The summed E-state index contributed by atoms with van der Waals surface area (Å²) >= 11 is 0. The van der Waals surface area contributed by atoms with Gasteiger partial charge in [0.1, 0.15) is 23.9 Å². The molecular weight excluding hydrogens is 700 g/mol. The Morgan fingerprint density at radius 2 is 1.61 bits per heavy atom. The van der Waals surface area contributed by atoms with Crippen LogP contribution in [0, 0.1) is 17.8 Å². The fraction of sp³-hybridized carbons (Fsp3) is 0.925. The molecule has 5 N–H and O–H groups in total. The maximum atomic E-state index is 14.3. The number of esters is 1. The first-order valence-corrected chi connectivity index (χ1v) is 19.8. The van der Waals surface area contributed by atoms with Crippen LogP contribution in [0.1, 0.15) is 94.9 Å². The lowest BCUT2D eigenvalue weighted by molar-refractivity contribution is -0.318. The molecule has 0 bridgehead atoms. The zero-order chi connectivity index (χ0) is 41.1. The SMILES string of the molecule is C=CCN1CC(C)C(O)C(C)(O)C(CC)OC(=O)C(C)C(OC2CC(C)(OC)C(O)C(C)O2)C(C)C(OC2OC(C)CC(N(C)C)C2O)C(C)(O)CC1C. The molecule has 3 fully saturated rings. The first-order chi connectivity index (χ1) is 24.9. The summed E-state index contributed by atoms with van der Waals surface area (Å²) in [7, 11) is 5.27. The predicted molar refractivity (Wildman–Crippen MR) is 203 cm³/mol. The molecule has 0 radical (unpaired) electrons. The second kappa shape index (κ2) is 19.0. The molecule has 0 aliphatic carbocycles. The van der Waals surface area contributed by atoms with Crippen molar-refractivity contribution in [2.45, 2.75) is 185 Å². The predicted octanol–water partition coefficient (Wildman–Crippen LogP) is 2.46. The number of hydrogen-bond acceptors (Lipinski definition) is 14. The van der Waals surface area contributed by atoms with Crippen molar-refractivity contribution >= 4 is 5.97 Å². The third-order valence-corrected chi connectivity index (χ3v) is 12.5. The molecule has 3 saturated heterocycles. The Morgan fingerprint density at radius 3 is 2.17 bits per heavy atom. The lowest BCUT2D eigenvalue weighted by Crippen LogP contribution is -2.61. The molecule has 0 aromatic carbocycles. The van der Waals surface area contributed by atoms with Gasteiger partial charge in [-0.25, -0.2) is 0 Å². The van der Waals surface area contributed by atoms with Crippen LogP contribution in [0.5, 0.6) is 0 Å². The van der Waals surface area contributed by atoms with E-state index in [0.29, 0.717) is 19.5 Å². The van der Waals surface area contributed by atoms with Gasteiger partial charge in [-0.1, -0.05) is 26.8 Å². The molecule has 0 amide bonds. The maximum absolute atomic E-state index is 14.3. The average Bonchev–Trinajstić information content (AvgIpc) is 3.09. The lowest BCUT2D eigenvalue weighted by atomic mass is 9.78. The zero-order valence-corrected chi connectivity index (χ0v) is 35.2. The smallest absolute Gasteiger partial charge is 0.311 e. The van der Waals surface area contributed by atoms with Crippen LogP contribution in [0.4, 0.5) is 0 Å². The minimum atomic E-state index is -1.81. The summed E-state index contributed by atoms with van der Waals surface area (Å²) in [5, 5.41) is 58.6. The molecular formula is C40H74N2O12. The van der Waals surface area contributed by atoms with Gasteiger partial charge in [-0.05, 0) is 87.7 Å². The minimum Gasteiger partial charge on any atom is -0.459 e. The van der Waals surface area contributed by atoms with Crippen LogP contribution in [0.15, 0.2) is 12.7 Å². The number of nitrogens with zero attached hydrogens (tertiary/aromatic N) is 2. The van der Waals surface area contributed by atoms with Crippen LogP contribution in [0.3, 0.4) is 0 Å². The van der Waals surface area contributed by atoms with E-state index in [1.54, 1.807) is 40.7 Å². The van der Waals surface area contributed by atoms with E-state index in [2.05, 4.69) is 11.5 Å². The summed E-state index contributed by atoms with van der Waals surface area (Å²) in [6.45, 7) is 22.3. The monoisotopic (exact) mass is 775 g/mol. The Balaban J connectivity index is 2.22. The normalized spacial score (nSPS) is 48.1. The number of carbonyl (C=O) groups excluding carboxylic acids is 1. The molecule has 0 aromatic heterocycles. The van der Waals surface area contributed by atoms with Gasteiger partial charge in [0.2, 0.25) is 0 Å². The summed E-state index contributed by atoms with van der Waals surface area (Å²) in [4.78, 5) is 18.3. The van der Waals surface area contributed by atoms with Crippen molar-refractivity contribution in [3.05, 3.63) is 12.7 Å². The molecule has 3 aliphatic heterocycles. The molecule has 3 rings (SSSR count). The van der Waals surface area contributed by atoms with E-state index in [9.17, 15) is 30.3 Å². The first kappa shape index (κ1) is 47.1. The Morgan fingerprint density at radius 1 is 0.981 bits per heavy atom. The van der Waals surface area contributed by atoms with Crippen LogP contribution >= 0.6 is 0 Å². The van der Waals surface area contributed by atoms with Crippen molar-refractivity contribution in [2.24, 2.45) is 17.8 Å². The molecule has 0 aromatic rings. The van der Waals surface area contributed by atoms with E-state index in [4.69, 9.17) is 28.4 Å². The fourth-order valence-electron chi connectivity index (χ4n) is 8.95. The Labute approximate surface area is 324 Å². The van der Waals surface area contributed by atoms with E-state index >= 15 is 0 Å². The molecule has 14 nitrogen and oxygen atoms in total. The third kappa shape index (κ3) is 10.6. The standard InChI is InChI=1S/C40H74N2O12/c1-15-17-42-21-22(3)33(44)40(11,48)29(16-2)52-36(46)26(7)32(53-30-20-39(10,49-14)34(45)27(8)51-30)25(6)35(38(9,47)19-23(42)4)54-37-31(43)28(41(12)13)18-24(5)50-37/h15,22-35,37,43-45,47-48H,1,16-21H2,2-14H3. The Hall–Kier alpha value is -1.27. The molecule has 3 aliphatic rings. The van der Waals surface area contributed by atoms with E-state index in [0.717, 1.165) is 0 Å². The third-order valence-electron chi connectivity index (χ3n) is 12.5. The Bertz CT molecular complexity index is 1210. The molecule has 14 heteroatoms. The average molecular weight is 775 g/mol. The molecule has 54 heavy (non-hydrogen) atoms. The molecule has 316 valence electrons. The topological polar surface area (TPSA) is 180 Å². The minimum absolute atomic E-state index is 0.123. The number of hydrogen-bond donors (Lipinski definition) is 5. The van der Waals surface area contributed by atoms with Crippen LogP contribution < -0.4 is 0 Å². The van der Waals surface area contributed by atoms with Gasteiger partial charge < -0.3 is 58.9 Å². The summed E-state index contributed by atoms with van der Waals surface area (Å²) in [6.07, 6.45) is -6.68. The molecule has 0 spiro atoms. The first-order valence-electron chi connectivity index (χ1n) is 19.8. The highest BCUT2D eigenvalue weighted by Gasteiger charge is 2.52. The van der Waals surface area contributed by atoms with Crippen molar-refractivity contribution in [1.82, 2.24) is 9.80 Å². The van der Waals surface area contributed by atoms with Gasteiger partial charge in [-0.2, -0.15) is 0 Å². The number of likely N-dealkylation sites (N-methyl/N-ethyl adjacent to an activating group) is 1. The highest BCUT2D eigenvalue weighted by Crippen LogP contribution is 2.40. The number of rotatable bonds is 9. The van der Waals surface area contributed by atoms with Gasteiger partial charge in [-0.15, -0.1) is 6.58 Å². The maximum Gasteiger partial charge on any atom is 0.311 e. The second-order valence-corrected chi connectivity index (χ2v) is 17.4. The summed E-state index contributed by atoms with van der Waals surface area (Å²) < 4.78 is 37.7. The van der Waals surface area contributed by atoms with Gasteiger partial charge in [0, 0.05) is 44.6 Å². The van der Waals surface area contributed by atoms with E-state index < -0.39 is 95.8 Å². The van der Waals surface area contributed by atoms with Gasteiger partial charge in [0.15, 0.2) is 12.6 Å². The summed E-state index contributed by atoms with van der Waals surface area (Å²) in [5.41, 5.74) is -4.45. The number of aliphatic hydroxyl groups is 5. The van der Waals surface area contributed by atoms with E-state index in [-0.39, 0.29) is 37.5 Å². The van der Waals surface area contributed by atoms with E-state index in [1.165, 1.54) is 14.0 Å². The summed E-state index contributed by atoms with van der Waals surface area (Å²) in [5.74, 6) is -2.97. The van der Waals surface area contributed by atoms with Crippen LogP contribution in [0.2, 0.25) is 0 Å². The highest BCUT2D eigenvalue weighted by atomic mass is 16.7. The van der Waals surface area contributed by atoms with E-state index in [1.807, 2.05) is 46.7 Å². The van der Waals surface area contributed by atoms with Crippen molar-refractivity contribution < 1.29 is 58.7 Å². The molecule has 18 unspecified atom stereocenters. The van der Waals surface area contributed by atoms with Crippen molar-refractivity contribution in [3.8, 4) is 0 Å². The number of ether oxygens (including phenoxy) is 6. The quantitative estimate of drug-likeness (QED) is 0.170. The zero-order valence-electron chi connectivity index (χ0n) is 35.2. The fourth-order valence-corrected chi connectivity index (χ4v) is 8.95. The van der Waals surface area contributed by atoms with Crippen LogP contribution in [-0.4, -0.2) is 166 Å². The molecule has 0 saturated carbocycles. The van der Waals surface area contributed by atoms with Gasteiger partial charge in [0.05, 0.1) is 47.6 Å². The highest BCUT2D eigenvalue weighted by molar-refractivity contribution is 5.73. The number of aliphatic hydroxyl groups excluding tert-OH is 3. The summed E-state index contributed by atoms with van der Waals surface area (Å²) in [6, 6.07) is -0.582. The van der Waals surface area contributed by atoms with Crippen molar-refractivity contribution in [2.75, 3.05) is 34.3 Å². The second-order valence-electron chi connectivity index (χ2n) is 17.4. The number of methoxy groups -OCH3 is 1. The molecule has 3 heterocycles. The van der Waals surface area contributed by atoms with Crippen LogP contribution in [0.25, 0.3) is 0 Å². The van der Waals surface area contributed by atoms with Gasteiger partial charge in [0.25, 0.3) is 0 Å². The Kier molecular flexibility index (Phi) is 16.6. The van der Waals surface area contributed by atoms with Gasteiger partial charge in [-0.3, -0.25) is 9.69 Å². The van der Waals surface area contributed by atoms with Crippen molar-refractivity contribution in [1.29, 1.82) is 0 Å². The number of carbonyl (C=O) groups is 1. The van der Waals surface area contributed by atoms with Crippen molar-refractivity contribution in [3.63, 3.8) is 0 Å². The number of cyclic esters (lactones) is 1. The lowest BCUT2D eigenvalue weighted by Gasteiger charge is -2.49. The van der Waals surface area contributed by atoms with Crippen LogP contribution in [-0.2, 0) is 33.2 Å². The molecule has 18 atom stereocenters. The van der Waals surface area contributed by atoms with Gasteiger partial charge >= 0.3 is 5.97 Å². The largest absolute Gasteiger partial charge is 0.459 e.